The van der Waals surface area contributed by atoms with Gasteiger partial charge in [-0.2, -0.15) is 0 Å². The van der Waals surface area contributed by atoms with E-state index in [-0.39, 0.29) is 5.91 Å². The van der Waals surface area contributed by atoms with Gasteiger partial charge in [0.25, 0.3) is 5.91 Å². The highest BCUT2D eigenvalue weighted by atomic mass is 32.2. The molecule has 22 heavy (non-hydrogen) atoms. The molecule has 0 atom stereocenters. The lowest BCUT2D eigenvalue weighted by Crippen LogP contribution is -2.39. The minimum Gasteiger partial charge on any atom is -0.497 e. The Kier molecular flexibility index (Phi) is 4.84. The molecule has 1 amide bonds. The number of nitrogens with zero attached hydrogens (tertiary/aromatic N) is 1. The third kappa shape index (κ3) is 3.20. The van der Waals surface area contributed by atoms with Crippen molar-refractivity contribution in [3.63, 3.8) is 0 Å². The fraction of sp³-hybridized carbons (Fsp3) is 0.412. The molecule has 0 bridgehead atoms. The molecule has 1 aromatic rings. The number of ether oxygens (including phenoxy) is 1. The Labute approximate surface area is 140 Å². The van der Waals surface area contributed by atoms with E-state index in [0.29, 0.717) is 10.4 Å². The molecule has 0 N–H and O–H groups in total. The molecule has 0 spiro atoms. The van der Waals surface area contributed by atoms with Crippen LogP contribution in [0, 0.1) is 0 Å². The second-order valence-electron chi connectivity index (χ2n) is 5.62. The van der Waals surface area contributed by atoms with Crippen LogP contribution in [0.3, 0.4) is 0 Å². The van der Waals surface area contributed by atoms with Crippen molar-refractivity contribution >= 4 is 40.3 Å². The first-order valence-electron chi connectivity index (χ1n) is 7.60. The highest BCUT2D eigenvalue weighted by Crippen LogP contribution is 2.37. The van der Waals surface area contributed by atoms with E-state index in [1.165, 1.54) is 31.0 Å². The summed E-state index contributed by atoms with van der Waals surface area (Å²) in [6.07, 6.45) is 7.72. The van der Waals surface area contributed by atoms with Crippen molar-refractivity contribution in [3.8, 4) is 5.75 Å². The van der Waals surface area contributed by atoms with Crippen LogP contribution in [0.2, 0.25) is 0 Å². The minimum absolute atomic E-state index is 0.0673. The van der Waals surface area contributed by atoms with Crippen molar-refractivity contribution < 1.29 is 9.53 Å². The zero-order chi connectivity index (χ0) is 15.5. The molecule has 1 saturated carbocycles. The first-order valence-corrected chi connectivity index (χ1v) is 8.82. The molecule has 116 valence electrons. The molecule has 3 rings (SSSR count). The van der Waals surface area contributed by atoms with Gasteiger partial charge in [-0.05, 0) is 36.6 Å². The van der Waals surface area contributed by atoms with Gasteiger partial charge >= 0.3 is 0 Å². The lowest BCUT2D eigenvalue weighted by atomic mass is 9.94. The Bertz CT molecular complexity index is 604. The van der Waals surface area contributed by atoms with Crippen LogP contribution in [0.25, 0.3) is 6.08 Å². The smallest absolute Gasteiger partial charge is 0.266 e. The predicted molar refractivity (Wildman–Crippen MR) is 94.9 cm³/mol. The number of carbonyl (C=O) groups excluding carboxylic acids is 1. The summed E-state index contributed by atoms with van der Waals surface area (Å²) in [5.41, 5.74) is 0.991. The summed E-state index contributed by atoms with van der Waals surface area (Å²) in [4.78, 5) is 15.2. The molecule has 1 aliphatic carbocycles. The number of rotatable bonds is 3. The monoisotopic (exact) mass is 333 g/mol. The van der Waals surface area contributed by atoms with Gasteiger partial charge in [-0.15, -0.1) is 0 Å². The first-order chi connectivity index (χ1) is 10.7. The van der Waals surface area contributed by atoms with E-state index < -0.39 is 0 Å². The van der Waals surface area contributed by atoms with Crippen molar-refractivity contribution in [2.24, 2.45) is 0 Å². The molecule has 1 aromatic carbocycles. The van der Waals surface area contributed by atoms with E-state index in [2.05, 4.69) is 0 Å². The molecule has 3 nitrogen and oxygen atoms in total. The van der Waals surface area contributed by atoms with Gasteiger partial charge in [-0.1, -0.05) is 55.4 Å². The van der Waals surface area contributed by atoms with Crippen molar-refractivity contribution in [2.45, 2.75) is 38.1 Å². The maximum Gasteiger partial charge on any atom is 0.266 e. The quantitative estimate of drug-likeness (QED) is 0.611. The molecule has 1 heterocycles. The molecule has 5 heteroatoms. The van der Waals surface area contributed by atoms with Gasteiger partial charge in [0.15, 0.2) is 0 Å². The summed E-state index contributed by atoms with van der Waals surface area (Å²) >= 11 is 6.86. The lowest BCUT2D eigenvalue weighted by molar-refractivity contribution is -0.124. The lowest BCUT2D eigenvalue weighted by Gasteiger charge is -2.29. The Morgan fingerprint density at radius 3 is 2.55 bits per heavy atom. The second kappa shape index (κ2) is 6.84. The van der Waals surface area contributed by atoms with Crippen LogP contribution in [0.4, 0.5) is 0 Å². The largest absolute Gasteiger partial charge is 0.497 e. The fourth-order valence-electron chi connectivity index (χ4n) is 2.99. The van der Waals surface area contributed by atoms with Crippen LogP contribution in [-0.4, -0.2) is 28.3 Å². The molecule has 1 saturated heterocycles. The van der Waals surface area contributed by atoms with Crippen molar-refractivity contribution in [2.75, 3.05) is 7.11 Å². The van der Waals surface area contributed by atoms with Crippen LogP contribution in [0.1, 0.15) is 37.7 Å². The molecule has 2 fully saturated rings. The SMILES string of the molecule is COc1ccc(/C=C2\SC(=S)N(C3CCCCC3)C2=O)cc1. The molecule has 2 aliphatic rings. The number of benzene rings is 1. The Morgan fingerprint density at radius 1 is 1.23 bits per heavy atom. The van der Waals surface area contributed by atoms with E-state index in [1.807, 2.05) is 35.2 Å². The van der Waals surface area contributed by atoms with E-state index in [1.54, 1.807) is 7.11 Å². The molecule has 1 aliphatic heterocycles. The summed E-state index contributed by atoms with van der Waals surface area (Å²) in [6, 6.07) is 7.99. The van der Waals surface area contributed by atoms with Crippen LogP contribution in [-0.2, 0) is 4.79 Å². The minimum atomic E-state index is 0.0673. The van der Waals surface area contributed by atoms with Crippen LogP contribution in [0.15, 0.2) is 29.2 Å². The van der Waals surface area contributed by atoms with Gasteiger partial charge in [-0.3, -0.25) is 9.69 Å². The Balaban J connectivity index is 1.78. The summed E-state index contributed by atoms with van der Waals surface area (Å²) in [7, 11) is 1.64. The zero-order valence-corrected chi connectivity index (χ0v) is 14.2. The van der Waals surface area contributed by atoms with Crippen molar-refractivity contribution in [3.05, 3.63) is 34.7 Å². The Hall–Kier alpha value is -1.33. The number of hydrogen-bond acceptors (Lipinski definition) is 4. The number of amides is 1. The van der Waals surface area contributed by atoms with Crippen LogP contribution < -0.4 is 4.74 Å². The van der Waals surface area contributed by atoms with E-state index in [0.717, 1.165) is 29.1 Å². The van der Waals surface area contributed by atoms with Crippen molar-refractivity contribution in [1.82, 2.24) is 4.90 Å². The van der Waals surface area contributed by atoms with Gasteiger partial charge in [0, 0.05) is 6.04 Å². The summed E-state index contributed by atoms with van der Waals surface area (Å²) in [5.74, 6) is 0.879. The van der Waals surface area contributed by atoms with Crippen molar-refractivity contribution in [1.29, 1.82) is 0 Å². The van der Waals surface area contributed by atoms with E-state index >= 15 is 0 Å². The van der Waals surface area contributed by atoms with Crippen LogP contribution >= 0.6 is 24.0 Å². The van der Waals surface area contributed by atoms with E-state index in [4.69, 9.17) is 17.0 Å². The predicted octanol–water partition coefficient (Wildman–Crippen LogP) is 4.23. The molecule has 0 aromatic heterocycles. The highest BCUT2D eigenvalue weighted by Gasteiger charge is 2.37. The molecular formula is C17H19NO2S2. The van der Waals surface area contributed by atoms with Gasteiger partial charge in [0.2, 0.25) is 0 Å². The fourth-order valence-corrected chi connectivity index (χ4v) is 4.39. The van der Waals surface area contributed by atoms with Crippen LogP contribution in [0.5, 0.6) is 5.75 Å². The highest BCUT2D eigenvalue weighted by molar-refractivity contribution is 8.26. The number of hydrogen-bond donors (Lipinski definition) is 0. The molecular weight excluding hydrogens is 314 g/mol. The van der Waals surface area contributed by atoms with Gasteiger partial charge in [0.05, 0.1) is 12.0 Å². The normalized spacial score (nSPS) is 21.7. The first kappa shape index (κ1) is 15.6. The molecule has 0 radical (unpaired) electrons. The number of thiocarbonyl (C=S) groups is 1. The van der Waals surface area contributed by atoms with Gasteiger partial charge in [-0.25, -0.2) is 0 Å². The third-order valence-corrected chi connectivity index (χ3v) is 5.51. The number of carbonyl (C=O) groups is 1. The van der Waals surface area contributed by atoms with Gasteiger partial charge in [0.1, 0.15) is 10.1 Å². The summed E-state index contributed by atoms with van der Waals surface area (Å²) in [6.45, 7) is 0. The Morgan fingerprint density at radius 2 is 1.91 bits per heavy atom. The van der Waals surface area contributed by atoms with Gasteiger partial charge < -0.3 is 4.74 Å². The average molecular weight is 333 g/mol. The second-order valence-corrected chi connectivity index (χ2v) is 7.29. The summed E-state index contributed by atoms with van der Waals surface area (Å²) < 4.78 is 5.86. The maximum absolute atomic E-state index is 12.7. The summed E-state index contributed by atoms with van der Waals surface area (Å²) in [5, 5.41) is 0. The number of thioether (sulfide) groups is 1. The average Bonchev–Trinajstić information content (AvgIpc) is 2.83. The number of methoxy groups -OCH3 is 1. The zero-order valence-electron chi connectivity index (χ0n) is 12.6. The van der Waals surface area contributed by atoms with E-state index in [9.17, 15) is 4.79 Å². The molecule has 0 unspecified atom stereocenters. The third-order valence-electron chi connectivity index (χ3n) is 4.18. The topological polar surface area (TPSA) is 29.5 Å². The maximum atomic E-state index is 12.7. The standard InChI is InChI=1S/C17H19NO2S2/c1-20-14-9-7-12(8-10-14)11-15-16(19)18(17(21)22-15)13-5-3-2-4-6-13/h7-11,13H,2-6H2,1H3/b15-11-.